The molecule has 2 atom stereocenters. The van der Waals surface area contributed by atoms with Gasteiger partial charge in [-0.1, -0.05) is 42.8 Å². The van der Waals surface area contributed by atoms with Crippen molar-refractivity contribution in [2.24, 2.45) is 0 Å². The molecule has 0 unspecified atom stereocenters. The number of hydrogen-bond acceptors (Lipinski definition) is 3. The number of carbonyl (C=O) groups excluding carboxylic acids is 1. The molecule has 1 fully saturated rings. The summed E-state index contributed by atoms with van der Waals surface area (Å²) in [5.41, 5.74) is 7.29. The van der Waals surface area contributed by atoms with E-state index in [0.717, 1.165) is 46.0 Å². The van der Waals surface area contributed by atoms with Crippen LogP contribution in [0.5, 0.6) is 0 Å². The topological polar surface area (TPSA) is 62.2 Å². The van der Waals surface area contributed by atoms with Gasteiger partial charge in [-0.05, 0) is 92.1 Å². The molecule has 2 aromatic carbocycles. The number of pyridine rings is 1. The molecule has 1 aliphatic heterocycles. The largest absolute Gasteiger partial charge is 0.352 e. The maximum atomic E-state index is 13.0. The number of benzene rings is 2. The Hall–Kier alpha value is -3.68. The fraction of sp³-hybridized carbons (Fsp3) is 0.258. The zero-order valence-corrected chi connectivity index (χ0v) is 23.9. The monoisotopic (exact) mass is 557 g/mol. The van der Waals surface area contributed by atoms with E-state index in [1.807, 2.05) is 66.7 Å². The number of aromatic nitrogens is 2. The summed E-state index contributed by atoms with van der Waals surface area (Å²) in [7, 11) is 0. The summed E-state index contributed by atoms with van der Waals surface area (Å²) in [4.78, 5) is 19.8. The molecule has 8 heteroatoms. The molecule has 1 aliphatic rings. The fourth-order valence-electron chi connectivity index (χ4n) is 5.44. The van der Waals surface area contributed by atoms with Gasteiger partial charge in [0.05, 0.1) is 17.8 Å². The van der Waals surface area contributed by atoms with Crippen molar-refractivity contribution >= 4 is 40.5 Å². The van der Waals surface area contributed by atoms with Gasteiger partial charge in [-0.15, -0.1) is 0 Å². The minimum Gasteiger partial charge on any atom is -0.352 e. The molecule has 5 rings (SSSR count). The van der Waals surface area contributed by atoms with Crippen LogP contribution in [0.2, 0.25) is 5.02 Å². The molecular formula is C31H32ClN5OS. The van der Waals surface area contributed by atoms with Crippen molar-refractivity contribution in [2.45, 2.75) is 45.7 Å². The number of halogens is 1. The molecule has 0 bridgehead atoms. The SMILES string of the molecule is CCc1ccccc1NC(=O)CCN1C(=S)N[C@@H](c2ccccn2)[C@H]1c1cc(C)n(-c2ccc(Cl)cc2)c1C. The van der Waals surface area contributed by atoms with Crippen molar-refractivity contribution in [2.75, 3.05) is 11.9 Å². The molecule has 0 aliphatic carbocycles. The van der Waals surface area contributed by atoms with Crippen molar-refractivity contribution < 1.29 is 4.79 Å². The van der Waals surface area contributed by atoms with Gasteiger partial charge < -0.3 is 20.1 Å². The lowest BCUT2D eigenvalue weighted by molar-refractivity contribution is -0.116. The third-order valence-electron chi connectivity index (χ3n) is 7.32. The van der Waals surface area contributed by atoms with E-state index in [4.69, 9.17) is 23.8 Å². The standard InChI is InChI=1S/C31H32ClN5OS/c1-4-22-9-5-6-10-26(22)34-28(38)16-18-36-30(29(35-31(36)39)27-11-7-8-17-33-27)25-19-20(2)37(21(25)3)24-14-12-23(32)13-15-24/h5-15,17,19,29-30H,4,16,18H2,1-3H3,(H,34,38)(H,35,39)/t29-,30+/m0/s1. The summed E-state index contributed by atoms with van der Waals surface area (Å²) in [5.74, 6) is -0.0367. The molecule has 6 nitrogen and oxygen atoms in total. The number of para-hydroxylation sites is 1. The third kappa shape index (κ3) is 5.56. The molecule has 2 aromatic heterocycles. The molecule has 0 spiro atoms. The van der Waals surface area contributed by atoms with Gasteiger partial charge >= 0.3 is 0 Å². The van der Waals surface area contributed by atoms with E-state index in [-0.39, 0.29) is 18.0 Å². The Balaban J connectivity index is 1.46. The number of thiocarbonyl (C=S) groups is 1. The lowest BCUT2D eigenvalue weighted by Gasteiger charge is -2.28. The van der Waals surface area contributed by atoms with E-state index in [1.165, 1.54) is 0 Å². The summed E-state index contributed by atoms with van der Waals surface area (Å²) >= 11 is 12.0. The molecule has 0 saturated carbocycles. The highest BCUT2D eigenvalue weighted by molar-refractivity contribution is 7.80. The summed E-state index contributed by atoms with van der Waals surface area (Å²) < 4.78 is 2.23. The van der Waals surface area contributed by atoms with Crippen LogP contribution in [0.15, 0.2) is 79.0 Å². The van der Waals surface area contributed by atoms with Gasteiger partial charge in [0.1, 0.15) is 0 Å². The average Bonchev–Trinajstić information content (AvgIpc) is 3.43. The van der Waals surface area contributed by atoms with Gasteiger partial charge in [-0.2, -0.15) is 0 Å². The Kier molecular flexibility index (Phi) is 8.00. The van der Waals surface area contributed by atoms with Crippen molar-refractivity contribution in [3.8, 4) is 5.69 Å². The van der Waals surface area contributed by atoms with Crippen LogP contribution in [-0.4, -0.2) is 32.0 Å². The van der Waals surface area contributed by atoms with Crippen molar-refractivity contribution in [3.05, 3.63) is 112 Å². The maximum Gasteiger partial charge on any atom is 0.226 e. The molecule has 1 amide bonds. The quantitative estimate of drug-likeness (QED) is 0.236. The van der Waals surface area contributed by atoms with Crippen LogP contribution in [0.4, 0.5) is 5.69 Å². The summed E-state index contributed by atoms with van der Waals surface area (Å²) in [6, 6.07) is 23.6. The molecule has 1 saturated heterocycles. The van der Waals surface area contributed by atoms with Crippen LogP contribution in [0.3, 0.4) is 0 Å². The van der Waals surface area contributed by atoms with Gasteiger partial charge in [-0.3, -0.25) is 9.78 Å². The van der Waals surface area contributed by atoms with Crippen LogP contribution in [0, 0.1) is 13.8 Å². The minimum absolute atomic E-state index is 0.0367. The van der Waals surface area contributed by atoms with Crippen molar-refractivity contribution in [1.82, 2.24) is 19.8 Å². The Bertz CT molecular complexity index is 1480. The van der Waals surface area contributed by atoms with E-state index < -0.39 is 0 Å². The first-order valence-electron chi connectivity index (χ1n) is 13.2. The first kappa shape index (κ1) is 26.9. The Morgan fingerprint density at radius 1 is 1.08 bits per heavy atom. The van der Waals surface area contributed by atoms with E-state index in [0.29, 0.717) is 23.1 Å². The summed E-state index contributed by atoms with van der Waals surface area (Å²) in [6.45, 7) is 6.79. The van der Waals surface area contributed by atoms with Crippen LogP contribution in [0.25, 0.3) is 5.69 Å². The number of amides is 1. The highest BCUT2D eigenvalue weighted by Crippen LogP contribution is 2.41. The second-order valence-corrected chi connectivity index (χ2v) is 10.6. The van der Waals surface area contributed by atoms with Crippen LogP contribution < -0.4 is 10.6 Å². The number of nitrogens with one attached hydrogen (secondary N) is 2. The normalized spacial score (nSPS) is 16.8. The molecule has 2 N–H and O–H groups in total. The smallest absolute Gasteiger partial charge is 0.226 e. The third-order valence-corrected chi connectivity index (χ3v) is 7.93. The molecular weight excluding hydrogens is 526 g/mol. The zero-order chi connectivity index (χ0) is 27.5. The minimum atomic E-state index is -0.151. The number of carbonyl (C=O) groups is 1. The van der Waals surface area contributed by atoms with Gasteiger partial charge in [-0.25, -0.2) is 0 Å². The summed E-state index contributed by atoms with van der Waals surface area (Å²) in [5, 5.41) is 7.91. The number of aryl methyl sites for hydroxylation is 2. The second kappa shape index (κ2) is 11.6. The number of nitrogens with zero attached hydrogens (tertiary/aromatic N) is 3. The highest BCUT2D eigenvalue weighted by atomic mass is 35.5. The van der Waals surface area contributed by atoms with E-state index in [2.05, 4.69) is 51.9 Å². The summed E-state index contributed by atoms with van der Waals surface area (Å²) in [6.07, 6.45) is 2.96. The lowest BCUT2D eigenvalue weighted by atomic mass is 9.96. The first-order chi connectivity index (χ1) is 18.9. The number of hydrogen-bond donors (Lipinski definition) is 2. The predicted octanol–water partition coefficient (Wildman–Crippen LogP) is 6.71. The molecule has 3 heterocycles. The fourth-order valence-corrected chi connectivity index (χ4v) is 5.90. The Labute approximate surface area is 240 Å². The van der Waals surface area contributed by atoms with Gasteiger partial charge in [0.25, 0.3) is 0 Å². The number of anilines is 1. The Morgan fingerprint density at radius 3 is 2.54 bits per heavy atom. The molecule has 0 radical (unpaired) electrons. The zero-order valence-electron chi connectivity index (χ0n) is 22.3. The van der Waals surface area contributed by atoms with E-state index >= 15 is 0 Å². The van der Waals surface area contributed by atoms with Crippen molar-refractivity contribution in [1.29, 1.82) is 0 Å². The van der Waals surface area contributed by atoms with Crippen molar-refractivity contribution in [3.63, 3.8) is 0 Å². The molecule has 39 heavy (non-hydrogen) atoms. The molecule has 4 aromatic rings. The second-order valence-electron chi connectivity index (χ2n) is 9.77. The van der Waals surface area contributed by atoms with E-state index in [1.54, 1.807) is 6.20 Å². The van der Waals surface area contributed by atoms with Crippen LogP contribution >= 0.6 is 23.8 Å². The Morgan fingerprint density at radius 2 is 1.82 bits per heavy atom. The lowest BCUT2D eigenvalue weighted by Crippen LogP contribution is -2.33. The van der Waals surface area contributed by atoms with Crippen LogP contribution in [0.1, 0.15) is 53.6 Å². The highest BCUT2D eigenvalue weighted by Gasteiger charge is 2.41. The number of rotatable bonds is 8. The first-order valence-corrected chi connectivity index (χ1v) is 14.0. The van der Waals surface area contributed by atoms with Crippen LogP contribution in [-0.2, 0) is 11.2 Å². The van der Waals surface area contributed by atoms with E-state index in [9.17, 15) is 4.79 Å². The van der Waals surface area contributed by atoms with Gasteiger partial charge in [0.15, 0.2) is 5.11 Å². The predicted molar refractivity (Wildman–Crippen MR) is 161 cm³/mol. The maximum absolute atomic E-state index is 13.0. The van der Waals surface area contributed by atoms with Gasteiger partial charge in [0, 0.05) is 46.9 Å². The molecule has 200 valence electrons. The van der Waals surface area contributed by atoms with Gasteiger partial charge in [0.2, 0.25) is 5.91 Å². The average molecular weight is 558 g/mol.